The molecule has 3 heteroatoms. The van der Waals surface area contributed by atoms with Crippen LogP contribution in [0.4, 0.5) is 0 Å². The van der Waals surface area contributed by atoms with Gasteiger partial charge in [0.15, 0.2) is 0 Å². The van der Waals surface area contributed by atoms with Gasteiger partial charge in [0, 0.05) is 19.3 Å². The van der Waals surface area contributed by atoms with Gasteiger partial charge in [-0.2, -0.15) is 0 Å². The third kappa shape index (κ3) is 3.79. The maximum atomic E-state index is 4.49. The van der Waals surface area contributed by atoms with Crippen molar-refractivity contribution in [2.24, 2.45) is 5.92 Å². The zero-order chi connectivity index (χ0) is 12.1. The van der Waals surface area contributed by atoms with Crippen LogP contribution in [0, 0.1) is 12.8 Å². The zero-order valence-electron chi connectivity index (χ0n) is 10.9. The van der Waals surface area contributed by atoms with Gasteiger partial charge in [0.25, 0.3) is 0 Å². The molecule has 1 saturated heterocycles. The fourth-order valence-electron chi connectivity index (χ4n) is 2.57. The standard InChI is InChI=1S/C14H23N3/c1-12-5-6-14(16-8-12)11-17-7-3-4-13(10-17)9-15-2/h5-6,8,13,15H,3-4,7,9-11H2,1-2H3. The van der Waals surface area contributed by atoms with E-state index in [9.17, 15) is 0 Å². The van der Waals surface area contributed by atoms with Crippen LogP contribution in [0.3, 0.4) is 0 Å². The minimum Gasteiger partial charge on any atom is -0.319 e. The van der Waals surface area contributed by atoms with Gasteiger partial charge in [-0.05, 0) is 57.5 Å². The van der Waals surface area contributed by atoms with Crippen molar-refractivity contribution in [1.29, 1.82) is 0 Å². The summed E-state index contributed by atoms with van der Waals surface area (Å²) in [6.07, 6.45) is 4.64. The van der Waals surface area contributed by atoms with E-state index >= 15 is 0 Å². The van der Waals surface area contributed by atoms with E-state index in [1.54, 1.807) is 0 Å². The van der Waals surface area contributed by atoms with Crippen LogP contribution < -0.4 is 5.32 Å². The maximum Gasteiger partial charge on any atom is 0.0544 e. The largest absolute Gasteiger partial charge is 0.319 e. The molecule has 3 nitrogen and oxygen atoms in total. The van der Waals surface area contributed by atoms with Crippen LogP contribution in [0.5, 0.6) is 0 Å². The highest BCUT2D eigenvalue weighted by molar-refractivity contribution is 5.12. The summed E-state index contributed by atoms with van der Waals surface area (Å²) in [7, 11) is 2.04. The molecule has 1 fully saturated rings. The summed E-state index contributed by atoms with van der Waals surface area (Å²) < 4.78 is 0. The number of aromatic nitrogens is 1. The summed E-state index contributed by atoms with van der Waals surface area (Å²) in [6.45, 7) is 6.64. The van der Waals surface area contributed by atoms with E-state index in [1.165, 1.54) is 37.2 Å². The van der Waals surface area contributed by atoms with E-state index < -0.39 is 0 Å². The number of hydrogen-bond acceptors (Lipinski definition) is 3. The molecule has 2 heterocycles. The molecule has 0 radical (unpaired) electrons. The fraction of sp³-hybridized carbons (Fsp3) is 0.643. The van der Waals surface area contributed by atoms with Gasteiger partial charge in [-0.15, -0.1) is 0 Å². The van der Waals surface area contributed by atoms with E-state index in [0.29, 0.717) is 0 Å². The minimum absolute atomic E-state index is 0.805. The third-order valence-electron chi connectivity index (χ3n) is 3.45. The summed E-state index contributed by atoms with van der Waals surface area (Å²) >= 11 is 0. The first kappa shape index (κ1) is 12.5. The van der Waals surface area contributed by atoms with Crippen molar-refractivity contribution in [3.8, 4) is 0 Å². The highest BCUT2D eigenvalue weighted by Gasteiger charge is 2.19. The zero-order valence-corrected chi connectivity index (χ0v) is 10.9. The van der Waals surface area contributed by atoms with E-state index in [0.717, 1.165) is 19.0 Å². The normalized spacial score (nSPS) is 21.6. The summed E-state index contributed by atoms with van der Waals surface area (Å²) in [5.41, 5.74) is 2.43. The summed E-state index contributed by atoms with van der Waals surface area (Å²) in [5.74, 6) is 0.805. The number of piperidine rings is 1. The SMILES string of the molecule is CNCC1CCCN(Cc2ccc(C)cn2)C1. The summed E-state index contributed by atoms with van der Waals surface area (Å²) in [6, 6.07) is 4.30. The first-order valence-corrected chi connectivity index (χ1v) is 6.56. The van der Waals surface area contributed by atoms with Crippen LogP contribution in [0.25, 0.3) is 0 Å². The average Bonchev–Trinajstić information content (AvgIpc) is 2.33. The molecule has 1 aliphatic rings. The Labute approximate surface area is 104 Å². The Bertz CT molecular complexity index is 332. The van der Waals surface area contributed by atoms with Crippen molar-refractivity contribution in [3.05, 3.63) is 29.6 Å². The second-order valence-corrected chi connectivity index (χ2v) is 5.13. The second-order valence-electron chi connectivity index (χ2n) is 5.13. The number of likely N-dealkylation sites (tertiary alicyclic amines) is 1. The monoisotopic (exact) mass is 233 g/mol. The number of nitrogens with zero attached hydrogens (tertiary/aromatic N) is 2. The summed E-state index contributed by atoms with van der Waals surface area (Å²) in [4.78, 5) is 7.02. The number of nitrogens with one attached hydrogen (secondary N) is 1. The van der Waals surface area contributed by atoms with Crippen molar-refractivity contribution in [1.82, 2.24) is 15.2 Å². The topological polar surface area (TPSA) is 28.2 Å². The Morgan fingerprint density at radius 2 is 2.35 bits per heavy atom. The second kappa shape index (κ2) is 6.12. The van der Waals surface area contributed by atoms with Crippen LogP contribution in [-0.4, -0.2) is 36.6 Å². The van der Waals surface area contributed by atoms with Gasteiger partial charge in [-0.1, -0.05) is 6.07 Å². The lowest BCUT2D eigenvalue weighted by Gasteiger charge is -2.32. The molecule has 1 atom stereocenters. The van der Waals surface area contributed by atoms with Gasteiger partial charge in [0.05, 0.1) is 5.69 Å². The molecular weight excluding hydrogens is 210 g/mol. The number of rotatable bonds is 4. The summed E-state index contributed by atoms with van der Waals surface area (Å²) in [5, 5.41) is 3.29. The fourth-order valence-corrected chi connectivity index (χ4v) is 2.57. The first-order chi connectivity index (χ1) is 8.28. The van der Waals surface area contributed by atoms with Crippen molar-refractivity contribution in [2.45, 2.75) is 26.3 Å². The molecule has 0 bridgehead atoms. The highest BCUT2D eigenvalue weighted by Crippen LogP contribution is 2.17. The quantitative estimate of drug-likeness (QED) is 0.860. The average molecular weight is 233 g/mol. The van der Waals surface area contributed by atoms with Crippen LogP contribution >= 0.6 is 0 Å². The molecular formula is C14H23N3. The molecule has 1 N–H and O–H groups in total. The molecule has 0 aliphatic carbocycles. The van der Waals surface area contributed by atoms with Crippen molar-refractivity contribution < 1.29 is 0 Å². The minimum atomic E-state index is 0.805. The van der Waals surface area contributed by atoms with Gasteiger partial charge in [-0.3, -0.25) is 9.88 Å². The molecule has 0 aromatic carbocycles. The lowest BCUT2D eigenvalue weighted by molar-refractivity contribution is 0.165. The smallest absolute Gasteiger partial charge is 0.0544 e. The number of pyridine rings is 1. The van der Waals surface area contributed by atoms with E-state index in [2.05, 4.69) is 34.3 Å². The van der Waals surface area contributed by atoms with Crippen LogP contribution in [0.15, 0.2) is 18.3 Å². The Kier molecular flexibility index (Phi) is 4.51. The number of hydrogen-bond donors (Lipinski definition) is 1. The molecule has 2 rings (SSSR count). The molecule has 0 amide bonds. The predicted molar refractivity (Wildman–Crippen MR) is 70.9 cm³/mol. The van der Waals surface area contributed by atoms with Crippen LogP contribution in [0.1, 0.15) is 24.1 Å². The van der Waals surface area contributed by atoms with Crippen molar-refractivity contribution in [2.75, 3.05) is 26.7 Å². The Balaban J connectivity index is 1.87. The molecule has 0 spiro atoms. The number of aryl methyl sites for hydroxylation is 1. The van der Waals surface area contributed by atoms with Crippen molar-refractivity contribution >= 4 is 0 Å². The molecule has 17 heavy (non-hydrogen) atoms. The van der Waals surface area contributed by atoms with E-state index in [-0.39, 0.29) is 0 Å². The Morgan fingerprint density at radius 3 is 3.06 bits per heavy atom. The molecule has 94 valence electrons. The van der Waals surface area contributed by atoms with E-state index in [4.69, 9.17) is 0 Å². The lowest BCUT2D eigenvalue weighted by atomic mass is 9.98. The van der Waals surface area contributed by atoms with Crippen LogP contribution in [-0.2, 0) is 6.54 Å². The molecule has 1 aromatic rings. The van der Waals surface area contributed by atoms with Crippen molar-refractivity contribution in [3.63, 3.8) is 0 Å². The van der Waals surface area contributed by atoms with Gasteiger partial charge in [0.2, 0.25) is 0 Å². The molecule has 1 aliphatic heterocycles. The van der Waals surface area contributed by atoms with Gasteiger partial charge in [-0.25, -0.2) is 0 Å². The van der Waals surface area contributed by atoms with E-state index in [1.807, 2.05) is 13.2 Å². The van der Waals surface area contributed by atoms with Gasteiger partial charge < -0.3 is 5.32 Å². The van der Waals surface area contributed by atoms with Gasteiger partial charge >= 0.3 is 0 Å². The first-order valence-electron chi connectivity index (χ1n) is 6.56. The van der Waals surface area contributed by atoms with Crippen LogP contribution in [0.2, 0.25) is 0 Å². The van der Waals surface area contributed by atoms with Gasteiger partial charge in [0.1, 0.15) is 0 Å². The molecule has 1 unspecified atom stereocenters. The molecule has 0 saturated carbocycles. The molecule has 1 aromatic heterocycles. The maximum absolute atomic E-state index is 4.49. The lowest BCUT2D eigenvalue weighted by Crippen LogP contribution is -2.38. The Hall–Kier alpha value is -0.930. The highest BCUT2D eigenvalue weighted by atomic mass is 15.1. The third-order valence-corrected chi connectivity index (χ3v) is 3.45. The predicted octanol–water partition coefficient (Wildman–Crippen LogP) is 1.82. The Morgan fingerprint density at radius 1 is 1.47 bits per heavy atom.